The van der Waals surface area contributed by atoms with Gasteiger partial charge in [0.1, 0.15) is 5.65 Å². The summed E-state index contributed by atoms with van der Waals surface area (Å²) in [6, 6.07) is 10.1. The number of carbonyl (C=O) groups excluding carboxylic acids is 1. The van der Waals surface area contributed by atoms with Crippen LogP contribution in [0.3, 0.4) is 0 Å². The molecule has 36 heavy (non-hydrogen) atoms. The highest BCUT2D eigenvalue weighted by Crippen LogP contribution is 2.33. The number of anilines is 3. The van der Waals surface area contributed by atoms with E-state index < -0.39 is 0 Å². The maximum atomic E-state index is 12.3. The fourth-order valence-electron chi connectivity index (χ4n) is 4.72. The molecule has 0 aliphatic carbocycles. The summed E-state index contributed by atoms with van der Waals surface area (Å²) in [4.78, 5) is 26.8. The first-order valence-electron chi connectivity index (χ1n) is 12.3. The Morgan fingerprint density at radius 2 is 1.94 bits per heavy atom. The molecule has 0 bridgehead atoms. The summed E-state index contributed by atoms with van der Waals surface area (Å²) < 4.78 is 0. The average Bonchev–Trinajstić information content (AvgIpc) is 3.29. The summed E-state index contributed by atoms with van der Waals surface area (Å²) in [5.74, 6) is 0. The number of allylic oxidation sites excluding steroid dienone is 1. The van der Waals surface area contributed by atoms with Gasteiger partial charge in [-0.15, -0.1) is 0 Å². The van der Waals surface area contributed by atoms with Crippen molar-refractivity contribution in [2.75, 3.05) is 56.5 Å². The van der Waals surface area contributed by atoms with E-state index in [1.807, 2.05) is 18.2 Å². The minimum Gasteiger partial charge on any atom is -0.369 e. The van der Waals surface area contributed by atoms with Crippen molar-refractivity contribution in [1.29, 1.82) is 0 Å². The number of pyridine rings is 1. The second kappa shape index (κ2) is 10.2. The first kappa shape index (κ1) is 24.2. The van der Waals surface area contributed by atoms with Crippen LogP contribution in [0.5, 0.6) is 0 Å². The zero-order valence-corrected chi connectivity index (χ0v) is 21.5. The lowest BCUT2D eigenvalue weighted by atomic mass is 10.0. The number of hydrogen-bond acceptors (Lipinski definition) is 5. The van der Waals surface area contributed by atoms with Crippen LogP contribution in [0, 0.1) is 0 Å². The molecule has 2 aliphatic heterocycles. The number of likely N-dealkylation sites (N-methyl/N-ethyl adjacent to an activating group) is 1. The molecule has 2 amide bonds. The molecule has 5 rings (SSSR count). The number of aromatic amines is 1. The quantitative estimate of drug-likeness (QED) is 0.452. The summed E-state index contributed by atoms with van der Waals surface area (Å²) in [5.41, 5.74) is 6.71. The molecular weight excluding hydrogens is 474 g/mol. The molecule has 0 saturated carbocycles. The number of aromatic nitrogens is 2. The normalized spacial score (nSPS) is 16.7. The Kier molecular flexibility index (Phi) is 6.89. The highest BCUT2D eigenvalue weighted by molar-refractivity contribution is 6.31. The van der Waals surface area contributed by atoms with E-state index in [0.717, 1.165) is 66.4 Å². The van der Waals surface area contributed by atoms with E-state index in [4.69, 9.17) is 11.6 Å². The Morgan fingerprint density at radius 1 is 1.14 bits per heavy atom. The van der Waals surface area contributed by atoms with Gasteiger partial charge in [-0.1, -0.05) is 24.3 Å². The van der Waals surface area contributed by atoms with Gasteiger partial charge in [-0.05, 0) is 56.3 Å². The monoisotopic (exact) mass is 505 g/mol. The van der Waals surface area contributed by atoms with Crippen molar-refractivity contribution in [3.05, 3.63) is 65.6 Å². The molecule has 1 aromatic carbocycles. The highest BCUT2D eigenvalue weighted by atomic mass is 35.5. The zero-order chi connectivity index (χ0) is 25.2. The Bertz CT molecular complexity index is 1320. The van der Waals surface area contributed by atoms with Crippen LogP contribution in [0.4, 0.5) is 21.9 Å². The number of fused-ring (bicyclic) bond motifs is 1. The minimum absolute atomic E-state index is 0.111. The summed E-state index contributed by atoms with van der Waals surface area (Å²) >= 11 is 6.51. The number of H-pyrrole nitrogens is 1. The molecule has 3 N–H and O–H groups in total. The number of hydrogen-bond donors (Lipinski definition) is 3. The third-order valence-corrected chi connectivity index (χ3v) is 6.94. The second-order valence-corrected chi connectivity index (χ2v) is 9.99. The number of nitrogens with one attached hydrogen (secondary N) is 3. The first-order valence-corrected chi connectivity index (χ1v) is 12.6. The van der Waals surface area contributed by atoms with Crippen LogP contribution >= 0.6 is 11.6 Å². The number of urea groups is 1. The molecule has 0 unspecified atom stereocenters. The van der Waals surface area contributed by atoms with E-state index >= 15 is 0 Å². The van der Waals surface area contributed by atoms with Crippen LogP contribution < -0.4 is 15.5 Å². The van der Waals surface area contributed by atoms with Crippen molar-refractivity contribution in [1.82, 2.24) is 25.1 Å². The van der Waals surface area contributed by atoms with Gasteiger partial charge < -0.3 is 30.3 Å². The van der Waals surface area contributed by atoms with Crippen molar-refractivity contribution in [2.45, 2.75) is 13.3 Å². The molecule has 4 heterocycles. The van der Waals surface area contributed by atoms with E-state index in [1.165, 1.54) is 5.57 Å². The van der Waals surface area contributed by atoms with E-state index in [2.05, 4.69) is 62.2 Å². The lowest BCUT2D eigenvalue weighted by Crippen LogP contribution is -2.44. The van der Waals surface area contributed by atoms with Gasteiger partial charge in [-0.2, -0.15) is 0 Å². The van der Waals surface area contributed by atoms with Crippen LogP contribution in [-0.4, -0.2) is 72.1 Å². The Balaban J connectivity index is 1.35. The van der Waals surface area contributed by atoms with Crippen LogP contribution in [0.15, 0.2) is 54.9 Å². The predicted octanol–water partition coefficient (Wildman–Crippen LogP) is 5.04. The molecule has 8 nitrogen and oxygen atoms in total. The molecule has 1 fully saturated rings. The molecule has 0 spiro atoms. The third kappa shape index (κ3) is 5.34. The van der Waals surface area contributed by atoms with Gasteiger partial charge in [-0.25, -0.2) is 9.78 Å². The van der Waals surface area contributed by atoms with Crippen LogP contribution in [0.1, 0.15) is 19.0 Å². The summed E-state index contributed by atoms with van der Waals surface area (Å²) in [7, 11) is 2.15. The standard InChI is InChI=1S/C27H32ClN7O/c1-18(2)30-27(36)35-8-5-19(6-9-35)25-17-23-24(4-7-29-26(23)32-25)31-21-14-20(28)15-22(16-21)34-12-10-33(3)11-13-34/h4-5,7,14-17H,1,6,8-13H2,2-3H3,(H,30,36)(H2,29,31,32). The van der Waals surface area contributed by atoms with Crippen molar-refractivity contribution >= 4 is 51.3 Å². The minimum atomic E-state index is -0.111. The van der Waals surface area contributed by atoms with E-state index in [9.17, 15) is 4.79 Å². The van der Waals surface area contributed by atoms with E-state index in [1.54, 1.807) is 18.0 Å². The highest BCUT2D eigenvalue weighted by Gasteiger charge is 2.20. The van der Waals surface area contributed by atoms with Crippen LogP contribution in [0.25, 0.3) is 16.6 Å². The topological polar surface area (TPSA) is 79.5 Å². The summed E-state index contributed by atoms with van der Waals surface area (Å²) in [6.45, 7) is 10.8. The van der Waals surface area contributed by atoms with Gasteiger partial charge in [0.2, 0.25) is 0 Å². The van der Waals surface area contributed by atoms with Crippen LogP contribution in [-0.2, 0) is 0 Å². The Morgan fingerprint density at radius 3 is 2.67 bits per heavy atom. The van der Waals surface area contributed by atoms with E-state index in [0.29, 0.717) is 23.8 Å². The van der Waals surface area contributed by atoms with Gasteiger partial charge in [0.15, 0.2) is 0 Å². The van der Waals surface area contributed by atoms with Crippen molar-refractivity contribution < 1.29 is 4.79 Å². The average molecular weight is 506 g/mol. The molecule has 0 atom stereocenters. The molecule has 2 aromatic heterocycles. The molecule has 188 valence electrons. The molecule has 9 heteroatoms. The maximum Gasteiger partial charge on any atom is 0.321 e. The zero-order valence-electron chi connectivity index (χ0n) is 20.8. The SMILES string of the molecule is C=C(C)NC(=O)N1CC=C(c2cc3c(Nc4cc(Cl)cc(N5CCN(C)CC5)c4)ccnc3[nH]2)CC1. The van der Waals surface area contributed by atoms with Crippen molar-refractivity contribution in [2.24, 2.45) is 0 Å². The van der Waals surface area contributed by atoms with Gasteiger partial charge in [-0.3, -0.25) is 0 Å². The largest absolute Gasteiger partial charge is 0.369 e. The lowest BCUT2D eigenvalue weighted by Gasteiger charge is -2.34. The Hall–Kier alpha value is -3.49. The number of nitrogens with zero attached hydrogens (tertiary/aromatic N) is 4. The molecular formula is C27H32ClN7O. The van der Waals surface area contributed by atoms with Gasteiger partial charge in [0.05, 0.1) is 5.69 Å². The van der Waals surface area contributed by atoms with E-state index in [-0.39, 0.29) is 6.03 Å². The second-order valence-electron chi connectivity index (χ2n) is 9.55. The third-order valence-electron chi connectivity index (χ3n) is 6.72. The van der Waals surface area contributed by atoms with Gasteiger partial charge in [0.25, 0.3) is 0 Å². The number of benzene rings is 1. The molecule has 0 radical (unpaired) electrons. The molecule has 3 aromatic rings. The number of halogens is 1. The van der Waals surface area contributed by atoms with Gasteiger partial charge >= 0.3 is 6.03 Å². The van der Waals surface area contributed by atoms with Crippen molar-refractivity contribution in [3.63, 3.8) is 0 Å². The van der Waals surface area contributed by atoms with Gasteiger partial charge in [0, 0.05) is 78.6 Å². The summed E-state index contributed by atoms with van der Waals surface area (Å²) in [5, 5.41) is 8.06. The number of carbonyl (C=O) groups is 1. The molecule has 2 aliphatic rings. The number of amides is 2. The number of rotatable bonds is 5. The lowest BCUT2D eigenvalue weighted by molar-refractivity contribution is 0.206. The maximum absolute atomic E-state index is 12.3. The number of piperazine rings is 1. The predicted molar refractivity (Wildman–Crippen MR) is 148 cm³/mol. The fraction of sp³-hybridized carbons (Fsp3) is 0.333. The first-order chi connectivity index (χ1) is 17.4. The van der Waals surface area contributed by atoms with Crippen molar-refractivity contribution in [3.8, 4) is 0 Å². The fourth-order valence-corrected chi connectivity index (χ4v) is 4.95. The smallest absolute Gasteiger partial charge is 0.321 e. The molecule has 1 saturated heterocycles. The van der Waals surface area contributed by atoms with Crippen LogP contribution in [0.2, 0.25) is 5.02 Å². The summed E-state index contributed by atoms with van der Waals surface area (Å²) in [6.07, 6.45) is 4.66. The Labute approximate surface area is 216 Å².